The molecular weight excluding hydrogens is 409 g/mol. The number of nitrogens with zero attached hydrogens (tertiary/aromatic N) is 3. The number of amides is 1. The number of aromatic nitrogens is 3. The summed E-state index contributed by atoms with van der Waals surface area (Å²) >= 11 is 0. The first-order valence-corrected chi connectivity index (χ1v) is 9.73. The van der Waals surface area contributed by atoms with E-state index in [1.54, 1.807) is 18.2 Å². The predicted octanol–water partition coefficient (Wildman–Crippen LogP) is 4.18. The Kier molecular flexibility index (Phi) is 4.53. The van der Waals surface area contributed by atoms with Crippen LogP contribution in [-0.2, 0) is 0 Å². The van der Waals surface area contributed by atoms with Gasteiger partial charge in [0.15, 0.2) is 6.10 Å². The van der Waals surface area contributed by atoms with E-state index in [-0.39, 0.29) is 30.0 Å². The molecule has 1 fully saturated rings. The van der Waals surface area contributed by atoms with E-state index in [0.717, 1.165) is 11.5 Å². The summed E-state index contributed by atoms with van der Waals surface area (Å²) < 4.78 is 48.7. The number of rotatable bonds is 3. The molecule has 0 bridgehead atoms. The van der Waals surface area contributed by atoms with Crippen LogP contribution in [0.5, 0.6) is 5.88 Å². The van der Waals surface area contributed by atoms with Gasteiger partial charge in [0.2, 0.25) is 5.88 Å². The zero-order valence-corrected chi connectivity index (χ0v) is 16.2. The molecule has 2 aromatic heterocycles. The van der Waals surface area contributed by atoms with E-state index in [9.17, 15) is 18.0 Å². The first-order chi connectivity index (χ1) is 14.9. The molecule has 1 unspecified atom stereocenters. The standard InChI is InChI=1S/C22H17F3N4O2/c23-14-9-15(20-17(10-14)26-12-27-20)21(30)29-8-7-22(24,25)18(11-29)31-19-6-5-13-3-1-2-4-16(13)28-19/h1-6,9-10,12,18H,7-8,11H2,(H,26,27). The molecule has 1 atom stereocenters. The number of carbonyl (C=O) groups excluding carboxylic acids is 1. The molecule has 1 saturated heterocycles. The fourth-order valence-corrected chi connectivity index (χ4v) is 3.78. The molecule has 158 valence electrons. The Labute approximate surface area is 174 Å². The highest BCUT2D eigenvalue weighted by Gasteiger charge is 2.47. The Morgan fingerprint density at radius 3 is 2.90 bits per heavy atom. The Morgan fingerprint density at radius 1 is 1.19 bits per heavy atom. The average molecular weight is 426 g/mol. The van der Waals surface area contributed by atoms with Crippen LogP contribution in [0.2, 0.25) is 0 Å². The van der Waals surface area contributed by atoms with Crippen molar-refractivity contribution in [1.29, 1.82) is 0 Å². The summed E-state index contributed by atoms with van der Waals surface area (Å²) in [7, 11) is 0. The minimum absolute atomic E-state index is 0.0176. The van der Waals surface area contributed by atoms with Gasteiger partial charge in [-0.2, -0.15) is 0 Å². The number of fused-ring (bicyclic) bond motifs is 2. The van der Waals surface area contributed by atoms with Gasteiger partial charge >= 0.3 is 0 Å². The summed E-state index contributed by atoms with van der Waals surface area (Å²) in [6.07, 6.45) is -0.805. The van der Waals surface area contributed by atoms with E-state index >= 15 is 0 Å². The Balaban J connectivity index is 1.41. The molecule has 0 spiro atoms. The van der Waals surface area contributed by atoms with Gasteiger partial charge in [-0.3, -0.25) is 4.79 Å². The van der Waals surface area contributed by atoms with Gasteiger partial charge < -0.3 is 14.6 Å². The number of nitrogens with one attached hydrogen (secondary N) is 1. The maximum Gasteiger partial charge on any atom is 0.287 e. The van der Waals surface area contributed by atoms with Crippen molar-refractivity contribution < 1.29 is 22.7 Å². The molecule has 31 heavy (non-hydrogen) atoms. The molecular formula is C22H17F3N4O2. The number of hydrogen-bond donors (Lipinski definition) is 1. The van der Waals surface area contributed by atoms with Crippen molar-refractivity contribution in [2.45, 2.75) is 18.4 Å². The highest BCUT2D eigenvalue weighted by atomic mass is 19.3. The summed E-state index contributed by atoms with van der Waals surface area (Å²) in [6.45, 7) is -0.540. The Morgan fingerprint density at radius 2 is 2.03 bits per heavy atom. The van der Waals surface area contributed by atoms with Crippen LogP contribution in [0.4, 0.5) is 13.2 Å². The zero-order chi connectivity index (χ0) is 21.6. The summed E-state index contributed by atoms with van der Waals surface area (Å²) in [5.41, 5.74) is 1.29. The van der Waals surface area contributed by atoms with Crippen LogP contribution in [0.15, 0.2) is 54.9 Å². The summed E-state index contributed by atoms with van der Waals surface area (Å²) in [6, 6.07) is 12.8. The second kappa shape index (κ2) is 7.26. The second-order valence-corrected chi connectivity index (χ2v) is 7.46. The fraction of sp³-hybridized carbons (Fsp3) is 0.227. The van der Waals surface area contributed by atoms with Crippen LogP contribution in [-0.4, -0.2) is 50.9 Å². The second-order valence-electron chi connectivity index (χ2n) is 7.46. The number of pyridine rings is 1. The largest absolute Gasteiger partial charge is 0.466 e. The van der Waals surface area contributed by atoms with Crippen LogP contribution in [0, 0.1) is 5.82 Å². The molecule has 0 saturated carbocycles. The third-order valence-electron chi connectivity index (χ3n) is 5.41. The third kappa shape index (κ3) is 3.56. The molecule has 2 aromatic carbocycles. The molecule has 1 aliphatic rings. The number of likely N-dealkylation sites (tertiary alicyclic amines) is 1. The summed E-state index contributed by atoms with van der Waals surface area (Å²) in [5.74, 6) is -4.28. The quantitative estimate of drug-likeness (QED) is 0.534. The number of alkyl halides is 2. The number of aromatic amines is 1. The molecule has 1 aliphatic heterocycles. The molecule has 4 aromatic rings. The summed E-state index contributed by atoms with van der Waals surface area (Å²) in [5, 5.41) is 0.858. The lowest BCUT2D eigenvalue weighted by Crippen LogP contribution is -2.55. The van der Waals surface area contributed by atoms with Crippen molar-refractivity contribution in [2.75, 3.05) is 13.1 Å². The normalized spacial score (nSPS) is 18.4. The lowest BCUT2D eigenvalue weighted by Gasteiger charge is -2.38. The zero-order valence-electron chi connectivity index (χ0n) is 16.2. The third-order valence-corrected chi connectivity index (χ3v) is 5.41. The monoisotopic (exact) mass is 426 g/mol. The number of imidazole rings is 1. The van der Waals surface area contributed by atoms with Gasteiger partial charge in [0.25, 0.3) is 11.8 Å². The highest BCUT2D eigenvalue weighted by molar-refractivity contribution is 6.04. The van der Waals surface area contributed by atoms with Crippen LogP contribution in [0.25, 0.3) is 21.9 Å². The average Bonchev–Trinajstić information content (AvgIpc) is 3.22. The molecule has 3 heterocycles. The van der Waals surface area contributed by atoms with Gasteiger partial charge in [0, 0.05) is 24.4 Å². The smallest absolute Gasteiger partial charge is 0.287 e. The Hall–Kier alpha value is -3.62. The number of benzene rings is 2. The van der Waals surface area contributed by atoms with E-state index in [1.807, 2.05) is 12.1 Å². The number of piperidine rings is 1. The number of para-hydroxylation sites is 1. The van der Waals surface area contributed by atoms with E-state index in [0.29, 0.717) is 11.0 Å². The van der Waals surface area contributed by atoms with E-state index < -0.39 is 30.2 Å². The molecule has 1 N–H and O–H groups in total. The minimum atomic E-state index is -3.15. The number of ether oxygens (including phenoxy) is 1. The topological polar surface area (TPSA) is 71.1 Å². The number of carbonyl (C=O) groups is 1. The van der Waals surface area contributed by atoms with E-state index in [2.05, 4.69) is 15.0 Å². The van der Waals surface area contributed by atoms with Crippen molar-refractivity contribution in [1.82, 2.24) is 19.9 Å². The highest BCUT2D eigenvalue weighted by Crippen LogP contribution is 2.33. The van der Waals surface area contributed by atoms with Gasteiger partial charge in [0.1, 0.15) is 11.3 Å². The van der Waals surface area contributed by atoms with Crippen molar-refractivity contribution in [3.8, 4) is 5.88 Å². The maximum absolute atomic E-state index is 14.6. The first kappa shape index (κ1) is 19.3. The maximum atomic E-state index is 14.6. The predicted molar refractivity (Wildman–Crippen MR) is 108 cm³/mol. The van der Waals surface area contributed by atoms with Crippen molar-refractivity contribution >= 4 is 27.8 Å². The molecule has 0 radical (unpaired) electrons. The van der Waals surface area contributed by atoms with Gasteiger partial charge in [0.05, 0.1) is 29.5 Å². The van der Waals surface area contributed by atoms with Gasteiger partial charge in [-0.25, -0.2) is 23.1 Å². The molecule has 0 aliphatic carbocycles. The molecule has 5 rings (SSSR count). The lowest BCUT2D eigenvalue weighted by molar-refractivity contribution is -0.131. The number of H-pyrrole nitrogens is 1. The van der Waals surface area contributed by atoms with Crippen LogP contribution < -0.4 is 4.74 Å². The molecule has 6 nitrogen and oxygen atoms in total. The fourth-order valence-electron chi connectivity index (χ4n) is 3.78. The summed E-state index contributed by atoms with van der Waals surface area (Å²) in [4.78, 5) is 25.4. The van der Waals surface area contributed by atoms with Crippen molar-refractivity contribution in [2.24, 2.45) is 0 Å². The molecule has 9 heteroatoms. The SMILES string of the molecule is O=C(c1cc(F)cc2[nH]cnc12)N1CCC(F)(F)C(Oc2ccc3ccccc3n2)C1. The van der Waals surface area contributed by atoms with Crippen LogP contribution in [0.1, 0.15) is 16.8 Å². The minimum Gasteiger partial charge on any atom is -0.466 e. The number of hydrogen-bond acceptors (Lipinski definition) is 4. The van der Waals surface area contributed by atoms with Crippen LogP contribution in [0.3, 0.4) is 0 Å². The first-order valence-electron chi connectivity index (χ1n) is 9.73. The lowest BCUT2D eigenvalue weighted by atomic mass is 10.0. The van der Waals surface area contributed by atoms with Crippen molar-refractivity contribution in [3.63, 3.8) is 0 Å². The number of halogens is 3. The van der Waals surface area contributed by atoms with Gasteiger partial charge in [-0.05, 0) is 24.3 Å². The Bertz CT molecular complexity index is 1290. The van der Waals surface area contributed by atoms with E-state index in [1.165, 1.54) is 23.4 Å². The van der Waals surface area contributed by atoms with E-state index in [4.69, 9.17) is 4.74 Å². The van der Waals surface area contributed by atoms with Crippen molar-refractivity contribution in [3.05, 3.63) is 66.2 Å². The van der Waals surface area contributed by atoms with Gasteiger partial charge in [-0.1, -0.05) is 18.2 Å². The van der Waals surface area contributed by atoms with Crippen LogP contribution >= 0.6 is 0 Å². The molecule has 1 amide bonds. The van der Waals surface area contributed by atoms with Gasteiger partial charge in [-0.15, -0.1) is 0 Å².